The van der Waals surface area contributed by atoms with Crippen molar-refractivity contribution < 1.29 is 30.6 Å². The predicted molar refractivity (Wildman–Crippen MR) is 124 cm³/mol. The van der Waals surface area contributed by atoms with Gasteiger partial charge >= 0.3 is 10.1 Å². The molecule has 0 saturated heterocycles. The van der Waals surface area contributed by atoms with Gasteiger partial charge in [0.25, 0.3) is 0 Å². The summed E-state index contributed by atoms with van der Waals surface area (Å²) in [5.41, 5.74) is 1.41. The molecule has 4 aromatic rings. The number of benzene rings is 3. The average Bonchev–Trinajstić information content (AvgIpc) is 3.35. The largest absolute Gasteiger partial charge is 0.467 e. The number of amides is 1. The van der Waals surface area contributed by atoms with Crippen LogP contribution in [0.2, 0.25) is 0 Å². The maximum absolute atomic E-state index is 13.2. The molecule has 6 nitrogen and oxygen atoms in total. The summed E-state index contributed by atoms with van der Waals surface area (Å²) in [7, 11) is -4.12. The second kappa shape index (κ2) is 10.5. The van der Waals surface area contributed by atoms with Crippen LogP contribution in [-0.2, 0) is 34.4 Å². The molecule has 0 spiro atoms. The summed E-state index contributed by atoms with van der Waals surface area (Å²) in [5.74, 6) is -0.443. The van der Waals surface area contributed by atoms with E-state index in [1.54, 1.807) is 41.3 Å². The summed E-state index contributed by atoms with van der Waals surface area (Å²) < 4.78 is 61.6. The van der Waals surface area contributed by atoms with Gasteiger partial charge in [-0.05, 0) is 71.8 Å². The minimum atomic E-state index is -4.12. The quantitative estimate of drug-likeness (QED) is 0.301. The molecule has 9 heteroatoms. The molecule has 180 valence electrons. The second-order valence-electron chi connectivity index (χ2n) is 7.77. The molecule has 0 saturated carbocycles. The lowest BCUT2D eigenvalue weighted by Crippen LogP contribution is -2.31. The van der Waals surface area contributed by atoms with Crippen molar-refractivity contribution in [3.8, 4) is 5.75 Å². The molecule has 0 unspecified atom stereocenters. The van der Waals surface area contributed by atoms with Crippen LogP contribution in [-0.4, -0.2) is 19.2 Å². The molecule has 0 N–H and O–H groups in total. The van der Waals surface area contributed by atoms with Gasteiger partial charge in [0.2, 0.25) is 5.91 Å². The van der Waals surface area contributed by atoms with Crippen molar-refractivity contribution in [3.63, 3.8) is 0 Å². The molecular formula is C26H21F2NO5S. The maximum Gasteiger partial charge on any atom is 0.339 e. The highest BCUT2D eigenvalue weighted by molar-refractivity contribution is 7.87. The Kier molecular flexibility index (Phi) is 7.26. The minimum Gasteiger partial charge on any atom is -0.467 e. The Balaban J connectivity index is 1.47. The van der Waals surface area contributed by atoms with Crippen LogP contribution in [0.5, 0.6) is 5.75 Å². The van der Waals surface area contributed by atoms with Gasteiger partial charge in [-0.3, -0.25) is 4.79 Å². The molecule has 0 fully saturated rings. The molecule has 0 bridgehead atoms. The van der Waals surface area contributed by atoms with Crippen LogP contribution in [0.3, 0.4) is 0 Å². The molecule has 4 rings (SSSR count). The Hall–Kier alpha value is -3.98. The van der Waals surface area contributed by atoms with Crippen LogP contribution in [0.1, 0.15) is 16.9 Å². The summed E-state index contributed by atoms with van der Waals surface area (Å²) in [4.78, 5) is 14.4. The van der Waals surface area contributed by atoms with Crippen LogP contribution < -0.4 is 4.18 Å². The van der Waals surface area contributed by atoms with Crippen molar-refractivity contribution in [3.05, 3.63) is 120 Å². The van der Waals surface area contributed by atoms with Gasteiger partial charge in [0, 0.05) is 6.54 Å². The number of rotatable bonds is 9. The van der Waals surface area contributed by atoms with E-state index >= 15 is 0 Å². The predicted octanol–water partition coefficient (Wildman–Crippen LogP) is 5.10. The maximum atomic E-state index is 13.2. The topological polar surface area (TPSA) is 76.8 Å². The van der Waals surface area contributed by atoms with Crippen molar-refractivity contribution in [1.29, 1.82) is 0 Å². The smallest absolute Gasteiger partial charge is 0.339 e. The van der Waals surface area contributed by atoms with E-state index in [1.807, 2.05) is 0 Å². The molecule has 3 aromatic carbocycles. The molecule has 0 aliphatic carbocycles. The Labute approximate surface area is 201 Å². The van der Waals surface area contributed by atoms with E-state index in [0.717, 1.165) is 29.8 Å². The van der Waals surface area contributed by atoms with Gasteiger partial charge in [-0.25, -0.2) is 8.78 Å². The van der Waals surface area contributed by atoms with Gasteiger partial charge in [0.15, 0.2) is 0 Å². The summed E-state index contributed by atoms with van der Waals surface area (Å²) in [6, 6.07) is 19.8. The van der Waals surface area contributed by atoms with E-state index in [0.29, 0.717) is 11.3 Å². The lowest BCUT2D eigenvalue weighted by atomic mass is 10.1. The zero-order chi connectivity index (χ0) is 24.8. The van der Waals surface area contributed by atoms with Gasteiger partial charge < -0.3 is 13.5 Å². The van der Waals surface area contributed by atoms with E-state index in [2.05, 4.69) is 0 Å². The fourth-order valence-corrected chi connectivity index (χ4v) is 4.29. The van der Waals surface area contributed by atoms with Crippen LogP contribution in [0.25, 0.3) is 0 Å². The number of furan rings is 1. The van der Waals surface area contributed by atoms with Crippen LogP contribution in [0.4, 0.5) is 8.78 Å². The van der Waals surface area contributed by atoms with E-state index in [9.17, 15) is 22.0 Å². The Morgan fingerprint density at radius 2 is 1.40 bits per heavy atom. The average molecular weight is 498 g/mol. The van der Waals surface area contributed by atoms with E-state index in [1.165, 1.54) is 30.5 Å². The van der Waals surface area contributed by atoms with Gasteiger partial charge in [-0.1, -0.05) is 24.3 Å². The number of halogens is 2. The van der Waals surface area contributed by atoms with Crippen molar-refractivity contribution in [2.45, 2.75) is 24.4 Å². The summed E-state index contributed by atoms with van der Waals surface area (Å²) in [5, 5.41) is 0. The zero-order valence-electron chi connectivity index (χ0n) is 18.4. The SMILES string of the molecule is O=C(Cc1ccc(F)cc1)N(Cc1ccc(OS(=O)(=O)c2ccc(F)cc2)cc1)Cc1ccco1. The lowest BCUT2D eigenvalue weighted by Gasteiger charge is -2.22. The molecule has 1 amide bonds. The molecule has 0 aliphatic heterocycles. The van der Waals surface area contributed by atoms with Crippen LogP contribution in [0.15, 0.2) is 101 Å². The van der Waals surface area contributed by atoms with Crippen molar-refractivity contribution in [2.24, 2.45) is 0 Å². The zero-order valence-corrected chi connectivity index (χ0v) is 19.3. The van der Waals surface area contributed by atoms with Crippen molar-refractivity contribution in [2.75, 3.05) is 0 Å². The first kappa shape index (κ1) is 24.2. The number of nitrogens with zero attached hydrogens (tertiary/aromatic N) is 1. The fourth-order valence-electron chi connectivity index (χ4n) is 3.36. The van der Waals surface area contributed by atoms with E-state index in [4.69, 9.17) is 8.60 Å². The number of hydrogen-bond donors (Lipinski definition) is 0. The van der Waals surface area contributed by atoms with E-state index in [-0.39, 0.29) is 41.9 Å². The number of carbonyl (C=O) groups excluding carboxylic acids is 1. The third-order valence-corrected chi connectivity index (χ3v) is 6.41. The number of hydrogen-bond acceptors (Lipinski definition) is 5. The van der Waals surface area contributed by atoms with Crippen molar-refractivity contribution >= 4 is 16.0 Å². The fraction of sp³-hybridized carbons (Fsp3) is 0.115. The van der Waals surface area contributed by atoms with E-state index < -0.39 is 15.9 Å². The second-order valence-corrected chi connectivity index (χ2v) is 9.31. The first-order chi connectivity index (χ1) is 16.8. The third-order valence-electron chi connectivity index (χ3n) is 5.15. The lowest BCUT2D eigenvalue weighted by molar-refractivity contribution is -0.132. The van der Waals surface area contributed by atoms with Gasteiger partial charge in [0.1, 0.15) is 28.0 Å². The van der Waals surface area contributed by atoms with Gasteiger partial charge in [0.05, 0.1) is 19.2 Å². The standard InChI is InChI=1S/C26H21F2NO5S/c27-21-7-3-19(4-8-21)16-26(30)29(18-24-2-1-15-33-24)17-20-5-11-23(12-6-20)34-35(31,32)25-13-9-22(28)10-14-25/h1-15H,16-18H2. The molecule has 1 aromatic heterocycles. The third kappa shape index (κ3) is 6.54. The van der Waals surface area contributed by atoms with Gasteiger partial charge in [-0.2, -0.15) is 8.42 Å². The Morgan fingerprint density at radius 3 is 2.00 bits per heavy atom. The summed E-state index contributed by atoms with van der Waals surface area (Å²) >= 11 is 0. The highest BCUT2D eigenvalue weighted by atomic mass is 32.2. The summed E-state index contributed by atoms with van der Waals surface area (Å²) in [6.07, 6.45) is 1.60. The minimum absolute atomic E-state index is 0.0771. The normalized spacial score (nSPS) is 11.3. The molecule has 35 heavy (non-hydrogen) atoms. The van der Waals surface area contributed by atoms with Crippen LogP contribution >= 0.6 is 0 Å². The molecule has 1 heterocycles. The van der Waals surface area contributed by atoms with Crippen molar-refractivity contribution in [1.82, 2.24) is 4.90 Å². The Bertz CT molecular complexity index is 1370. The molecular weight excluding hydrogens is 476 g/mol. The molecule has 0 radical (unpaired) electrons. The summed E-state index contributed by atoms with van der Waals surface area (Å²) in [6.45, 7) is 0.454. The molecule has 0 aliphatic rings. The highest BCUT2D eigenvalue weighted by Gasteiger charge is 2.19. The number of carbonyl (C=O) groups is 1. The first-order valence-electron chi connectivity index (χ1n) is 10.6. The molecule has 0 atom stereocenters. The monoisotopic (exact) mass is 497 g/mol. The first-order valence-corrected chi connectivity index (χ1v) is 12.0. The highest BCUT2D eigenvalue weighted by Crippen LogP contribution is 2.21. The van der Waals surface area contributed by atoms with Gasteiger partial charge in [-0.15, -0.1) is 0 Å². The van der Waals surface area contributed by atoms with Crippen LogP contribution in [0, 0.1) is 11.6 Å². The Morgan fingerprint density at radius 1 is 0.800 bits per heavy atom.